The van der Waals surface area contributed by atoms with Crippen LogP contribution in [0.1, 0.15) is 36.3 Å². The molecule has 0 aromatic heterocycles. The minimum atomic E-state index is -0.733. The van der Waals surface area contributed by atoms with Crippen molar-refractivity contribution < 1.29 is 8.78 Å². The third-order valence-corrected chi connectivity index (χ3v) is 3.66. The molecule has 0 aliphatic heterocycles. The molecule has 1 aromatic carbocycles. The first kappa shape index (κ1) is 10.9. The van der Waals surface area contributed by atoms with Gasteiger partial charge in [-0.25, -0.2) is 8.78 Å². The van der Waals surface area contributed by atoms with E-state index in [2.05, 4.69) is 0 Å². The molecule has 1 aliphatic rings. The highest BCUT2D eigenvalue weighted by atomic mass is 35.5. The van der Waals surface area contributed by atoms with E-state index in [1.165, 1.54) is 0 Å². The van der Waals surface area contributed by atoms with Crippen LogP contribution in [0, 0.1) is 18.6 Å². The van der Waals surface area contributed by atoms with Gasteiger partial charge in [0.25, 0.3) is 0 Å². The maximum absolute atomic E-state index is 13.7. The lowest BCUT2D eigenvalue weighted by molar-refractivity contribution is 0.483. The maximum Gasteiger partial charge on any atom is 0.162 e. The molecular weight excluding hydrogens is 218 g/mol. The van der Waals surface area contributed by atoms with Gasteiger partial charge in [0, 0.05) is 11.3 Å². The quantitative estimate of drug-likeness (QED) is 0.636. The molecule has 0 spiro atoms. The van der Waals surface area contributed by atoms with Gasteiger partial charge in [0.05, 0.1) is 0 Å². The fourth-order valence-corrected chi connectivity index (χ4v) is 2.63. The second-order valence-corrected chi connectivity index (χ2v) is 4.71. The first-order chi connectivity index (χ1) is 7.11. The lowest BCUT2D eigenvalue weighted by Crippen LogP contribution is -2.09. The zero-order chi connectivity index (χ0) is 11.0. The van der Waals surface area contributed by atoms with E-state index in [9.17, 15) is 8.78 Å². The SMILES string of the molecule is Cc1ccc(C2CCCC2Cl)c(F)c1F. The number of rotatable bonds is 1. The molecule has 0 amide bonds. The predicted molar refractivity (Wildman–Crippen MR) is 57.3 cm³/mol. The molecule has 2 atom stereocenters. The van der Waals surface area contributed by atoms with Gasteiger partial charge in [0.1, 0.15) is 0 Å². The molecule has 0 radical (unpaired) electrons. The van der Waals surface area contributed by atoms with Crippen molar-refractivity contribution >= 4 is 11.6 Å². The Bertz CT molecular complexity index is 376. The fraction of sp³-hybridized carbons (Fsp3) is 0.500. The molecule has 0 N–H and O–H groups in total. The van der Waals surface area contributed by atoms with Crippen LogP contribution < -0.4 is 0 Å². The lowest BCUT2D eigenvalue weighted by Gasteiger charge is -2.15. The highest BCUT2D eigenvalue weighted by Crippen LogP contribution is 2.39. The van der Waals surface area contributed by atoms with E-state index in [4.69, 9.17) is 11.6 Å². The Hall–Kier alpha value is -0.630. The highest BCUT2D eigenvalue weighted by Gasteiger charge is 2.30. The fourth-order valence-electron chi connectivity index (χ4n) is 2.21. The van der Waals surface area contributed by atoms with Crippen LogP contribution in [0.5, 0.6) is 0 Å². The van der Waals surface area contributed by atoms with Crippen molar-refractivity contribution in [3.63, 3.8) is 0 Å². The van der Waals surface area contributed by atoms with Gasteiger partial charge in [-0.15, -0.1) is 11.6 Å². The van der Waals surface area contributed by atoms with Crippen LogP contribution in [0.3, 0.4) is 0 Å². The minimum Gasteiger partial charge on any atom is -0.203 e. The van der Waals surface area contributed by atoms with E-state index in [0.29, 0.717) is 11.1 Å². The summed E-state index contributed by atoms with van der Waals surface area (Å²) in [7, 11) is 0. The van der Waals surface area contributed by atoms with E-state index in [-0.39, 0.29) is 11.3 Å². The molecule has 0 bridgehead atoms. The van der Waals surface area contributed by atoms with Crippen molar-refractivity contribution in [2.45, 2.75) is 37.5 Å². The summed E-state index contributed by atoms with van der Waals surface area (Å²) in [6.07, 6.45) is 2.74. The first-order valence-corrected chi connectivity index (χ1v) is 5.63. The van der Waals surface area contributed by atoms with Crippen molar-refractivity contribution in [2.24, 2.45) is 0 Å². The first-order valence-electron chi connectivity index (χ1n) is 5.20. The van der Waals surface area contributed by atoms with Crippen LogP contribution in [-0.4, -0.2) is 5.38 Å². The molecule has 0 heterocycles. The Morgan fingerprint density at radius 3 is 2.53 bits per heavy atom. The van der Waals surface area contributed by atoms with Crippen molar-refractivity contribution in [2.75, 3.05) is 0 Å². The molecule has 1 fully saturated rings. The van der Waals surface area contributed by atoms with Crippen LogP contribution in [0.25, 0.3) is 0 Å². The Morgan fingerprint density at radius 1 is 1.20 bits per heavy atom. The average molecular weight is 231 g/mol. The number of alkyl halides is 1. The van der Waals surface area contributed by atoms with Crippen LogP contribution in [0.4, 0.5) is 8.78 Å². The van der Waals surface area contributed by atoms with Crippen LogP contribution in [0.2, 0.25) is 0 Å². The molecule has 82 valence electrons. The van der Waals surface area contributed by atoms with E-state index in [1.54, 1.807) is 19.1 Å². The summed E-state index contributed by atoms with van der Waals surface area (Å²) in [6.45, 7) is 1.56. The zero-order valence-electron chi connectivity index (χ0n) is 8.56. The third-order valence-electron chi connectivity index (χ3n) is 3.14. The summed E-state index contributed by atoms with van der Waals surface area (Å²) in [5, 5.41) is -0.0541. The lowest BCUT2D eigenvalue weighted by atomic mass is 9.95. The topological polar surface area (TPSA) is 0 Å². The summed E-state index contributed by atoms with van der Waals surface area (Å²) in [5.41, 5.74) is 0.788. The molecule has 2 unspecified atom stereocenters. The summed E-state index contributed by atoms with van der Waals surface area (Å²) in [6, 6.07) is 3.29. The van der Waals surface area contributed by atoms with Crippen molar-refractivity contribution in [1.29, 1.82) is 0 Å². The van der Waals surface area contributed by atoms with Crippen LogP contribution in [-0.2, 0) is 0 Å². The molecule has 0 nitrogen and oxygen atoms in total. The summed E-state index contributed by atoms with van der Waals surface area (Å²) in [4.78, 5) is 0. The van der Waals surface area contributed by atoms with E-state index < -0.39 is 11.6 Å². The minimum absolute atomic E-state index is 0.0261. The van der Waals surface area contributed by atoms with Crippen molar-refractivity contribution in [1.82, 2.24) is 0 Å². The normalized spacial score (nSPS) is 25.9. The van der Waals surface area contributed by atoms with E-state index in [0.717, 1.165) is 19.3 Å². The largest absolute Gasteiger partial charge is 0.203 e. The number of halogens is 3. The Morgan fingerprint density at radius 2 is 1.93 bits per heavy atom. The summed E-state index contributed by atoms with van der Waals surface area (Å²) >= 11 is 6.09. The number of hydrogen-bond donors (Lipinski definition) is 0. The predicted octanol–water partition coefficient (Wildman–Crippen LogP) is 4.15. The maximum atomic E-state index is 13.7. The molecule has 1 aromatic rings. The number of benzene rings is 1. The number of aryl methyl sites for hydroxylation is 1. The third kappa shape index (κ3) is 1.87. The van der Waals surface area contributed by atoms with Crippen molar-refractivity contribution in [3.8, 4) is 0 Å². The monoisotopic (exact) mass is 230 g/mol. The molecule has 3 heteroatoms. The van der Waals surface area contributed by atoms with Gasteiger partial charge in [-0.3, -0.25) is 0 Å². The molecular formula is C12H13ClF2. The molecule has 15 heavy (non-hydrogen) atoms. The Labute approximate surface area is 93.2 Å². The van der Waals surface area contributed by atoms with Gasteiger partial charge < -0.3 is 0 Å². The second-order valence-electron chi connectivity index (χ2n) is 4.15. The summed E-state index contributed by atoms with van der Waals surface area (Å²) < 4.78 is 27.0. The molecule has 1 aliphatic carbocycles. The van der Waals surface area contributed by atoms with Crippen molar-refractivity contribution in [3.05, 3.63) is 34.9 Å². The Balaban J connectivity index is 2.40. The van der Waals surface area contributed by atoms with Gasteiger partial charge >= 0.3 is 0 Å². The van der Waals surface area contributed by atoms with Gasteiger partial charge in [-0.1, -0.05) is 18.6 Å². The number of hydrogen-bond acceptors (Lipinski definition) is 0. The summed E-state index contributed by atoms with van der Waals surface area (Å²) in [5.74, 6) is -1.47. The van der Waals surface area contributed by atoms with Gasteiger partial charge in [-0.2, -0.15) is 0 Å². The zero-order valence-corrected chi connectivity index (χ0v) is 9.32. The van der Waals surface area contributed by atoms with E-state index >= 15 is 0 Å². The average Bonchev–Trinajstić information content (AvgIpc) is 2.62. The van der Waals surface area contributed by atoms with Gasteiger partial charge in [-0.05, 0) is 30.9 Å². The standard InChI is InChI=1S/C12H13ClF2/c1-7-5-6-9(12(15)11(7)14)8-3-2-4-10(8)13/h5-6,8,10H,2-4H2,1H3. The van der Waals surface area contributed by atoms with Crippen LogP contribution >= 0.6 is 11.6 Å². The Kier molecular flexibility index (Phi) is 2.96. The highest BCUT2D eigenvalue weighted by molar-refractivity contribution is 6.21. The molecule has 1 saturated carbocycles. The van der Waals surface area contributed by atoms with Gasteiger partial charge in [0.2, 0.25) is 0 Å². The van der Waals surface area contributed by atoms with Gasteiger partial charge in [0.15, 0.2) is 11.6 Å². The molecule has 2 rings (SSSR count). The second kappa shape index (κ2) is 4.09. The smallest absolute Gasteiger partial charge is 0.162 e. The van der Waals surface area contributed by atoms with E-state index in [1.807, 2.05) is 0 Å². The van der Waals surface area contributed by atoms with Crippen LogP contribution in [0.15, 0.2) is 12.1 Å². The molecule has 0 saturated heterocycles.